The summed E-state index contributed by atoms with van der Waals surface area (Å²) in [5.41, 5.74) is 0.859. The number of hydrogen-bond acceptors (Lipinski definition) is 5. The quantitative estimate of drug-likeness (QED) is 0.843. The third kappa shape index (κ3) is 4.07. The van der Waals surface area contributed by atoms with Crippen LogP contribution in [0.4, 0.5) is 4.39 Å². The highest BCUT2D eigenvalue weighted by Crippen LogP contribution is 2.15. The van der Waals surface area contributed by atoms with Gasteiger partial charge in [0.05, 0.1) is 16.5 Å². The molecule has 1 aromatic carbocycles. The second kappa shape index (κ2) is 6.61. The Balaban J connectivity index is 2.04. The number of sulfonamides is 1. The van der Waals surface area contributed by atoms with Gasteiger partial charge >= 0.3 is 0 Å². The Hall–Kier alpha value is -1.35. The van der Waals surface area contributed by atoms with Crippen molar-refractivity contribution in [2.45, 2.75) is 24.8 Å². The number of aromatic nitrogens is 1. The van der Waals surface area contributed by atoms with Crippen LogP contribution >= 0.6 is 11.3 Å². The van der Waals surface area contributed by atoms with Crippen LogP contribution in [0.2, 0.25) is 0 Å². The molecule has 0 atom stereocenters. The summed E-state index contributed by atoms with van der Waals surface area (Å²) in [6.07, 6.45) is 0.492. The van der Waals surface area contributed by atoms with Gasteiger partial charge in [0.15, 0.2) is 0 Å². The van der Waals surface area contributed by atoms with Crippen molar-refractivity contribution in [1.82, 2.24) is 9.71 Å². The molecule has 114 valence electrons. The average molecular weight is 330 g/mol. The first-order valence-corrected chi connectivity index (χ1v) is 8.58. The van der Waals surface area contributed by atoms with Gasteiger partial charge in [0.25, 0.3) is 0 Å². The van der Waals surface area contributed by atoms with Crippen LogP contribution in [-0.2, 0) is 23.1 Å². The number of nitrogens with zero attached hydrogens (tertiary/aromatic N) is 1. The highest BCUT2D eigenvalue weighted by atomic mass is 32.2. The fourth-order valence-corrected chi connectivity index (χ4v) is 3.59. The van der Waals surface area contributed by atoms with Crippen molar-refractivity contribution in [3.63, 3.8) is 0 Å². The van der Waals surface area contributed by atoms with Crippen molar-refractivity contribution in [3.05, 3.63) is 45.7 Å². The Labute approximate surface area is 126 Å². The van der Waals surface area contributed by atoms with Crippen molar-refractivity contribution in [1.29, 1.82) is 0 Å². The van der Waals surface area contributed by atoms with E-state index in [0.29, 0.717) is 6.42 Å². The maximum absolute atomic E-state index is 13.3. The highest BCUT2D eigenvalue weighted by molar-refractivity contribution is 7.89. The van der Waals surface area contributed by atoms with E-state index in [2.05, 4.69) is 9.71 Å². The van der Waals surface area contributed by atoms with Crippen LogP contribution in [0.15, 0.2) is 28.5 Å². The lowest BCUT2D eigenvalue weighted by Gasteiger charge is -2.07. The van der Waals surface area contributed by atoms with E-state index >= 15 is 0 Å². The van der Waals surface area contributed by atoms with E-state index in [4.69, 9.17) is 5.11 Å². The van der Waals surface area contributed by atoms with Gasteiger partial charge in [-0.15, -0.1) is 11.3 Å². The molecule has 0 fully saturated rings. The smallest absolute Gasteiger partial charge is 0.240 e. The summed E-state index contributed by atoms with van der Waals surface area (Å²) in [6, 6.07) is 3.33. The number of benzene rings is 1. The average Bonchev–Trinajstić information content (AvgIpc) is 2.84. The lowest BCUT2D eigenvalue weighted by Crippen LogP contribution is -2.26. The van der Waals surface area contributed by atoms with Gasteiger partial charge in [0.1, 0.15) is 5.82 Å². The maximum Gasteiger partial charge on any atom is 0.240 e. The van der Waals surface area contributed by atoms with E-state index < -0.39 is 22.4 Å². The van der Waals surface area contributed by atoms with Crippen molar-refractivity contribution in [3.8, 4) is 0 Å². The Morgan fingerprint density at radius 2 is 2.19 bits per heavy atom. The second-order valence-electron chi connectivity index (χ2n) is 4.44. The summed E-state index contributed by atoms with van der Waals surface area (Å²) >= 11 is 1.48. The molecular formula is C13H15FN2O3S2. The summed E-state index contributed by atoms with van der Waals surface area (Å²) in [4.78, 5) is 4.18. The van der Waals surface area contributed by atoms with Gasteiger partial charge in [-0.2, -0.15) is 0 Å². The molecule has 0 amide bonds. The van der Waals surface area contributed by atoms with Crippen molar-refractivity contribution < 1.29 is 17.9 Å². The largest absolute Gasteiger partial charge is 0.392 e. The van der Waals surface area contributed by atoms with Gasteiger partial charge in [-0.3, -0.25) is 0 Å². The third-order valence-electron chi connectivity index (χ3n) is 2.80. The predicted octanol–water partition coefficient (Wildman–Crippen LogP) is 1.60. The zero-order valence-corrected chi connectivity index (χ0v) is 13.0. The molecule has 2 aromatic rings. The Kier molecular flexibility index (Phi) is 5.04. The Morgan fingerprint density at radius 1 is 1.43 bits per heavy atom. The number of aryl methyl sites for hydroxylation is 1. The van der Waals surface area contributed by atoms with Gasteiger partial charge < -0.3 is 5.11 Å². The van der Waals surface area contributed by atoms with E-state index in [0.717, 1.165) is 22.8 Å². The van der Waals surface area contributed by atoms with E-state index in [-0.39, 0.29) is 17.0 Å². The molecule has 0 unspecified atom stereocenters. The topological polar surface area (TPSA) is 79.3 Å². The molecule has 0 aliphatic carbocycles. The molecule has 0 saturated carbocycles. The highest BCUT2D eigenvalue weighted by Gasteiger charge is 2.15. The molecule has 5 nitrogen and oxygen atoms in total. The normalized spacial score (nSPS) is 11.8. The summed E-state index contributed by atoms with van der Waals surface area (Å²) in [5, 5.41) is 11.7. The van der Waals surface area contributed by atoms with Gasteiger partial charge in [0, 0.05) is 29.6 Å². The molecule has 2 N–H and O–H groups in total. The number of aliphatic hydroxyl groups is 1. The predicted molar refractivity (Wildman–Crippen MR) is 78.1 cm³/mol. The van der Waals surface area contributed by atoms with Gasteiger partial charge in [-0.25, -0.2) is 22.5 Å². The summed E-state index contributed by atoms with van der Waals surface area (Å²) in [5.74, 6) is -0.630. The number of nitrogens with one attached hydrogen (secondary N) is 1. The first-order valence-electron chi connectivity index (χ1n) is 6.22. The second-order valence-corrected chi connectivity index (χ2v) is 7.15. The van der Waals surface area contributed by atoms with Crippen LogP contribution in [0, 0.1) is 12.7 Å². The number of rotatable bonds is 6. The number of hydrogen-bond donors (Lipinski definition) is 2. The minimum absolute atomic E-state index is 0.0478. The number of thiazole rings is 1. The monoisotopic (exact) mass is 330 g/mol. The third-order valence-corrected chi connectivity index (χ3v) is 5.28. The van der Waals surface area contributed by atoms with Gasteiger partial charge in [-0.05, 0) is 25.1 Å². The molecule has 0 aliphatic heterocycles. The minimum atomic E-state index is -3.72. The molecule has 0 saturated heterocycles. The summed E-state index contributed by atoms with van der Waals surface area (Å²) in [6.45, 7) is 1.54. The Bertz CT molecular complexity index is 729. The molecule has 1 aromatic heterocycles. The molecule has 0 spiro atoms. The molecule has 0 radical (unpaired) electrons. The summed E-state index contributed by atoms with van der Waals surface area (Å²) in [7, 11) is -3.72. The van der Waals surface area contributed by atoms with Crippen LogP contribution < -0.4 is 4.72 Å². The van der Waals surface area contributed by atoms with E-state index in [1.54, 1.807) is 0 Å². The van der Waals surface area contributed by atoms with E-state index in [9.17, 15) is 12.8 Å². The Morgan fingerprint density at radius 3 is 2.81 bits per heavy atom. The van der Waals surface area contributed by atoms with Crippen molar-refractivity contribution in [2.24, 2.45) is 0 Å². The molecule has 0 aliphatic rings. The van der Waals surface area contributed by atoms with Gasteiger partial charge in [0.2, 0.25) is 10.0 Å². The van der Waals surface area contributed by atoms with Crippen LogP contribution in [0.25, 0.3) is 0 Å². The van der Waals surface area contributed by atoms with Crippen LogP contribution in [0.1, 0.15) is 16.3 Å². The van der Waals surface area contributed by atoms with Crippen molar-refractivity contribution >= 4 is 21.4 Å². The fraction of sp³-hybridized carbons (Fsp3) is 0.308. The minimum Gasteiger partial charge on any atom is -0.392 e. The first kappa shape index (κ1) is 16.0. The molecule has 8 heteroatoms. The van der Waals surface area contributed by atoms with Crippen LogP contribution in [0.3, 0.4) is 0 Å². The molecule has 2 rings (SSSR count). The van der Waals surface area contributed by atoms with Crippen LogP contribution in [-0.4, -0.2) is 25.1 Å². The molecular weight excluding hydrogens is 315 g/mol. The number of aliphatic hydroxyl groups excluding tert-OH is 1. The lowest BCUT2D eigenvalue weighted by molar-refractivity contribution is 0.275. The fourth-order valence-electron chi connectivity index (χ4n) is 1.73. The molecule has 0 bridgehead atoms. The molecule has 1 heterocycles. The standard InChI is InChI=1S/C13H15FN2O3S2/c1-9-8-20-13(16-9)4-5-15-21(18,19)11-2-3-12(14)10(6-11)7-17/h2-3,6,8,15,17H,4-5,7H2,1H3. The lowest BCUT2D eigenvalue weighted by atomic mass is 10.2. The van der Waals surface area contributed by atoms with Gasteiger partial charge in [-0.1, -0.05) is 0 Å². The van der Waals surface area contributed by atoms with Crippen LogP contribution in [0.5, 0.6) is 0 Å². The summed E-state index contributed by atoms with van der Waals surface area (Å²) < 4.78 is 39.8. The zero-order chi connectivity index (χ0) is 15.5. The first-order chi connectivity index (χ1) is 9.92. The van der Waals surface area contributed by atoms with E-state index in [1.807, 2.05) is 12.3 Å². The number of halogens is 1. The molecule has 21 heavy (non-hydrogen) atoms. The van der Waals surface area contributed by atoms with E-state index in [1.165, 1.54) is 17.4 Å². The zero-order valence-electron chi connectivity index (χ0n) is 11.3. The maximum atomic E-state index is 13.3. The SMILES string of the molecule is Cc1csc(CCNS(=O)(=O)c2ccc(F)c(CO)c2)n1. The van der Waals surface area contributed by atoms with Crippen molar-refractivity contribution in [2.75, 3.05) is 6.54 Å².